The summed E-state index contributed by atoms with van der Waals surface area (Å²) in [7, 11) is 1.24. The van der Waals surface area contributed by atoms with Crippen molar-refractivity contribution < 1.29 is 19.6 Å². The number of benzene rings is 2. The topological polar surface area (TPSA) is 105 Å². The van der Waals surface area contributed by atoms with Crippen LogP contribution in [-0.4, -0.2) is 30.3 Å². The SMILES string of the molecule is COC(=O)[C@H](Cc1ccccc1)N=Cc1cc(Cl)cc([N+](=O)[O-])c1[O-]. The number of aliphatic imine (C=N–C) groups is 1. The first-order chi connectivity index (χ1) is 11.9. The number of carbonyl (C=O) groups excluding carboxylic acids is 1. The van der Waals surface area contributed by atoms with Crippen molar-refractivity contribution >= 4 is 29.5 Å². The Balaban J connectivity index is 2.32. The zero-order valence-corrected chi connectivity index (χ0v) is 14.0. The van der Waals surface area contributed by atoms with Crippen LogP contribution in [0.15, 0.2) is 47.5 Å². The highest BCUT2D eigenvalue weighted by Gasteiger charge is 2.18. The monoisotopic (exact) mass is 361 g/mol. The average Bonchev–Trinajstić information content (AvgIpc) is 2.60. The van der Waals surface area contributed by atoms with Crippen LogP contribution in [0.25, 0.3) is 0 Å². The fourth-order valence-corrected chi connectivity index (χ4v) is 2.39. The van der Waals surface area contributed by atoms with Crippen molar-refractivity contribution in [1.82, 2.24) is 0 Å². The van der Waals surface area contributed by atoms with E-state index in [2.05, 4.69) is 4.99 Å². The molecule has 0 aromatic heterocycles. The van der Waals surface area contributed by atoms with Crippen LogP contribution in [0.4, 0.5) is 5.69 Å². The first kappa shape index (κ1) is 18.4. The Morgan fingerprint density at radius 1 is 1.36 bits per heavy atom. The minimum Gasteiger partial charge on any atom is -0.867 e. The molecule has 0 heterocycles. The Morgan fingerprint density at radius 3 is 2.64 bits per heavy atom. The van der Waals surface area contributed by atoms with Crippen LogP contribution in [-0.2, 0) is 16.0 Å². The molecule has 0 radical (unpaired) electrons. The highest BCUT2D eigenvalue weighted by Crippen LogP contribution is 2.30. The molecule has 2 aromatic carbocycles. The summed E-state index contributed by atoms with van der Waals surface area (Å²) in [6.07, 6.45) is 1.38. The first-order valence-corrected chi connectivity index (χ1v) is 7.60. The molecule has 0 spiro atoms. The number of esters is 1. The number of ether oxygens (including phenoxy) is 1. The first-order valence-electron chi connectivity index (χ1n) is 7.22. The third kappa shape index (κ3) is 4.77. The van der Waals surface area contributed by atoms with Gasteiger partial charge in [0.15, 0.2) is 6.04 Å². The molecule has 0 fully saturated rings. The quantitative estimate of drug-likeness (QED) is 0.340. The summed E-state index contributed by atoms with van der Waals surface area (Å²) in [4.78, 5) is 26.1. The van der Waals surface area contributed by atoms with Gasteiger partial charge in [0, 0.05) is 23.7 Å². The lowest BCUT2D eigenvalue weighted by molar-refractivity contribution is -0.398. The largest absolute Gasteiger partial charge is 0.867 e. The zero-order chi connectivity index (χ0) is 18.4. The Kier molecular flexibility index (Phi) is 6.08. The second-order valence-corrected chi connectivity index (χ2v) is 5.54. The van der Waals surface area contributed by atoms with E-state index in [1.807, 2.05) is 30.3 Å². The molecule has 0 saturated heterocycles. The second-order valence-electron chi connectivity index (χ2n) is 5.11. The summed E-state index contributed by atoms with van der Waals surface area (Å²) < 4.78 is 4.72. The molecule has 0 aliphatic carbocycles. The van der Waals surface area contributed by atoms with Crippen molar-refractivity contribution in [1.29, 1.82) is 0 Å². The fourth-order valence-electron chi connectivity index (χ4n) is 2.17. The van der Waals surface area contributed by atoms with Crippen LogP contribution < -0.4 is 5.11 Å². The molecule has 8 heteroatoms. The molecule has 0 bridgehead atoms. The van der Waals surface area contributed by atoms with Gasteiger partial charge in [-0.15, -0.1) is 0 Å². The standard InChI is InChI=1S/C17H15ClN2O5/c1-25-17(22)14(7-11-5-3-2-4-6-11)19-10-12-8-13(18)9-15(16(12)21)20(23)24/h2-6,8-10,14,21H,7H2,1H3/p-1/t14-/m0/s1. The second kappa shape index (κ2) is 8.25. The molecule has 0 amide bonds. The van der Waals surface area contributed by atoms with E-state index < -0.39 is 28.4 Å². The number of halogens is 1. The van der Waals surface area contributed by atoms with Crippen LogP contribution in [0.1, 0.15) is 11.1 Å². The van der Waals surface area contributed by atoms with Gasteiger partial charge in [0.1, 0.15) is 0 Å². The Hall–Kier alpha value is -2.93. The molecule has 2 aromatic rings. The van der Waals surface area contributed by atoms with Gasteiger partial charge in [0.05, 0.1) is 12.0 Å². The van der Waals surface area contributed by atoms with E-state index in [9.17, 15) is 20.0 Å². The van der Waals surface area contributed by atoms with Gasteiger partial charge in [-0.1, -0.05) is 41.9 Å². The summed E-state index contributed by atoms with van der Waals surface area (Å²) in [5.74, 6) is -1.40. The molecule has 2 rings (SSSR count). The van der Waals surface area contributed by atoms with Gasteiger partial charge in [-0.2, -0.15) is 0 Å². The van der Waals surface area contributed by atoms with Gasteiger partial charge in [-0.05, 0) is 22.9 Å². The third-order valence-corrected chi connectivity index (χ3v) is 3.62. The summed E-state index contributed by atoms with van der Waals surface area (Å²) in [6.45, 7) is 0. The van der Waals surface area contributed by atoms with Crippen LogP contribution >= 0.6 is 11.6 Å². The molecular formula is C17H14ClN2O5-. The molecule has 0 unspecified atom stereocenters. The Morgan fingerprint density at radius 2 is 2.04 bits per heavy atom. The van der Waals surface area contributed by atoms with Crippen molar-refractivity contribution in [3.63, 3.8) is 0 Å². The number of rotatable bonds is 6. The van der Waals surface area contributed by atoms with E-state index in [1.54, 1.807) is 0 Å². The highest BCUT2D eigenvalue weighted by molar-refractivity contribution is 6.31. The Bertz CT molecular complexity index is 808. The molecule has 0 saturated carbocycles. The van der Waals surface area contributed by atoms with Crippen LogP contribution in [0.2, 0.25) is 5.02 Å². The van der Waals surface area contributed by atoms with Crippen LogP contribution in [0.5, 0.6) is 5.75 Å². The molecule has 0 aliphatic rings. The summed E-state index contributed by atoms with van der Waals surface area (Å²) in [6, 6.07) is 10.5. The van der Waals surface area contributed by atoms with Gasteiger partial charge in [-0.3, -0.25) is 15.1 Å². The van der Waals surface area contributed by atoms with E-state index in [0.29, 0.717) is 0 Å². The minimum atomic E-state index is -0.884. The normalized spacial score (nSPS) is 12.1. The number of nitro benzene ring substituents is 1. The van der Waals surface area contributed by atoms with Crippen molar-refractivity contribution in [2.24, 2.45) is 4.99 Å². The lowest BCUT2D eigenvalue weighted by Crippen LogP contribution is -2.23. The maximum Gasteiger partial charge on any atom is 0.330 e. The van der Waals surface area contributed by atoms with Gasteiger partial charge in [0.25, 0.3) is 5.69 Å². The van der Waals surface area contributed by atoms with E-state index in [4.69, 9.17) is 16.3 Å². The molecule has 0 N–H and O–H groups in total. The molecule has 130 valence electrons. The van der Waals surface area contributed by atoms with E-state index in [0.717, 1.165) is 17.8 Å². The maximum absolute atomic E-state index is 12.1. The zero-order valence-electron chi connectivity index (χ0n) is 13.2. The summed E-state index contributed by atoms with van der Waals surface area (Å²) in [5, 5.41) is 23.0. The molecule has 25 heavy (non-hydrogen) atoms. The lowest BCUT2D eigenvalue weighted by atomic mass is 10.1. The number of carbonyl (C=O) groups is 1. The van der Waals surface area contributed by atoms with Gasteiger partial charge < -0.3 is 9.84 Å². The fraction of sp³-hybridized carbons (Fsp3) is 0.176. The Labute approximate surface area is 148 Å². The van der Waals surface area contributed by atoms with Crippen LogP contribution in [0.3, 0.4) is 0 Å². The van der Waals surface area contributed by atoms with Gasteiger partial charge >= 0.3 is 5.97 Å². The van der Waals surface area contributed by atoms with E-state index in [1.165, 1.54) is 13.2 Å². The van der Waals surface area contributed by atoms with Crippen molar-refractivity contribution in [2.75, 3.05) is 7.11 Å². The van der Waals surface area contributed by atoms with Gasteiger partial charge in [0.2, 0.25) is 0 Å². The molecule has 1 atom stereocenters. The highest BCUT2D eigenvalue weighted by atomic mass is 35.5. The van der Waals surface area contributed by atoms with E-state index >= 15 is 0 Å². The number of methoxy groups -OCH3 is 1. The lowest BCUT2D eigenvalue weighted by Gasteiger charge is -2.13. The van der Waals surface area contributed by atoms with Crippen LogP contribution in [0, 0.1) is 10.1 Å². The summed E-state index contributed by atoms with van der Waals surface area (Å²) in [5.41, 5.74) is 0.141. The number of hydrogen-bond donors (Lipinski definition) is 0. The van der Waals surface area contributed by atoms with E-state index in [-0.39, 0.29) is 17.0 Å². The predicted octanol–water partition coefficient (Wildman–Crippen LogP) is 2.53. The predicted molar refractivity (Wildman–Crippen MR) is 91.1 cm³/mol. The molecular weight excluding hydrogens is 348 g/mol. The van der Waals surface area contributed by atoms with Crippen molar-refractivity contribution in [2.45, 2.75) is 12.5 Å². The maximum atomic E-state index is 12.1. The minimum absolute atomic E-state index is 0.0328. The third-order valence-electron chi connectivity index (χ3n) is 3.40. The van der Waals surface area contributed by atoms with Gasteiger partial charge in [-0.25, -0.2) is 4.79 Å². The number of nitrogens with zero attached hydrogens (tertiary/aromatic N) is 2. The smallest absolute Gasteiger partial charge is 0.330 e. The summed E-state index contributed by atoms with van der Waals surface area (Å²) >= 11 is 5.80. The molecule has 0 aliphatic heterocycles. The average molecular weight is 362 g/mol. The molecule has 7 nitrogen and oxygen atoms in total. The number of hydrogen-bond acceptors (Lipinski definition) is 6. The number of nitro groups is 1. The van der Waals surface area contributed by atoms with Crippen molar-refractivity contribution in [3.05, 3.63) is 68.7 Å². The van der Waals surface area contributed by atoms with Crippen molar-refractivity contribution in [3.8, 4) is 5.75 Å².